The van der Waals surface area contributed by atoms with Gasteiger partial charge in [0.05, 0.1) is 17.7 Å². The maximum Gasteiger partial charge on any atom is 0.291 e. The SMILES string of the molecule is COc1ccccc1NC(=O)c1ccc(-c2ccc([N+](=O)[O-])cc2)o1. The fourth-order valence-corrected chi connectivity index (χ4v) is 2.29. The second kappa shape index (κ2) is 6.88. The van der Waals surface area contributed by atoms with Crippen LogP contribution in [0.25, 0.3) is 11.3 Å². The molecule has 0 saturated heterocycles. The Labute approximate surface area is 143 Å². The molecule has 7 nitrogen and oxygen atoms in total. The molecule has 3 aromatic rings. The highest BCUT2D eigenvalue weighted by molar-refractivity contribution is 6.03. The number of benzene rings is 2. The quantitative estimate of drug-likeness (QED) is 0.558. The molecular weight excluding hydrogens is 324 g/mol. The standard InChI is InChI=1S/C18H14N2O5/c1-24-16-5-3-2-4-14(16)19-18(21)17-11-10-15(25-17)12-6-8-13(9-7-12)20(22)23/h2-11H,1H3,(H,19,21). The third-order valence-electron chi connectivity index (χ3n) is 3.55. The van der Waals surface area contributed by atoms with Crippen molar-refractivity contribution in [2.24, 2.45) is 0 Å². The predicted octanol–water partition coefficient (Wildman–Crippen LogP) is 4.12. The molecule has 0 saturated carbocycles. The van der Waals surface area contributed by atoms with Crippen LogP contribution < -0.4 is 10.1 Å². The minimum Gasteiger partial charge on any atom is -0.495 e. The number of nitro groups is 1. The van der Waals surface area contributed by atoms with Crippen LogP contribution in [0.2, 0.25) is 0 Å². The zero-order valence-electron chi connectivity index (χ0n) is 13.3. The molecule has 0 aliphatic rings. The van der Waals surface area contributed by atoms with Gasteiger partial charge in [0, 0.05) is 17.7 Å². The van der Waals surface area contributed by atoms with Crippen LogP contribution in [-0.2, 0) is 0 Å². The number of nitro benzene ring substituents is 1. The lowest BCUT2D eigenvalue weighted by Crippen LogP contribution is -2.11. The van der Waals surface area contributed by atoms with Crippen LogP contribution in [0.15, 0.2) is 65.1 Å². The molecule has 0 atom stereocenters. The maximum atomic E-state index is 12.3. The Bertz CT molecular complexity index is 915. The minimum absolute atomic E-state index is 0.00977. The lowest BCUT2D eigenvalue weighted by molar-refractivity contribution is -0.384. The van der Waals surface area contributed by atoms with Crippen molar-refractivity contribution in [2.75, 3.05) is 12.4 Å². The van der Waals surface area contributed by atoms with E-state index in [-0.39, 0.29) is 11.4 Å². The number of nitrogens with one attached hydrogen (secondary N) is 1. The van der Waals surface area contributed by atoms with Crippen molar-refractivity contribution in [3.63, 3.8) is 0 Å². The summed E-state index contributed by atoms with van der Waals surface area (Å²) in [6.07, 6.45) is 0. The van der Waals surface area contributed by atoms with Gasteiger partial charge in [-0.1, -0.05) is 12.1 Å². The smallest absolute Gasteiger partial charge is 0.291 e. The molecule has 0 unspecified atom stereocenters. The Morgan fingerprint density at radius 3 is 2.48 bits per heavy atom. The van der Waals surface area contributed by atoms with E-state index in [2.05, 4.69) is 5.32 Å². The number of amides is 1. The number of carbonyl (C=O) groups excluding carboxylic acids is 1. The first-order valence-electron chi connectivity index (χ1n) is 7.37. The van der Waals surface area contributed by atoms with Gasteiger partial charge >= 0.3 is 0 Å². The number of ether oxygens (including phenoxy) is 1. The van der Waals surface area contributed by atoms with Crippen molar-refractivity contribution in [1.29, 1.82) is 0 Å². The third-order valence-corrected chi connectivity index (χ3v) is 3.55. The van der Waals surface area contributed by atoms with Crippen LogP contribution in [0.5, 0.6) is 5.75 Å². The van der Waals surface area contributed by atoms with E-state index < -0.39 is 10.8 Å². The third kappa shape index (κ3) is 3.50. The van der Waals surface area contributed by atoms with E-state index in [9.17, 15) is 14.9 Å². The summed E-state index contributed by atoms with van der Waals surface area (Å²) in [7, 11) is 1.52. The van der Waals surface area contributed by atoms with Crippen molar-refractivity contribution in [3.05, 3.63) is 76.5 Å². The van der Waals surface area contributed by atoms with E-state index in [1.165, 1.54) is 19.2 Å². The molecule has 0 bridgehead atoms. The molecule has 1 heterocycles. The van der Waals surface area contributed by atoms with Crippen molar-refractivity contribution in [3.8, 4) is 17.1 Å². The number of carbonyl (C=O) groups is 1. The predicted molar refractivity (Wildman–Crippen MR) is 91.7 cm³/mol. The monoisotopic (exact) mass is 338 g/mol. The van der Waals surface area contributed by atoms with Gasteiger partial charge in [-0.2, -0.15) is 0 Å². The Morgan fingerprint density at radius 2 is 1.80 bits per heavy atom. The average Bonchev–Trinajstić information content (AvgIpc) is 3.12. The second-order valence-corrected chi connectivity index (χ2v) is 5.12. The molecule has 1 amide bonds. The Balaban J connectivity index is 1.78. The zero-order valence-corrected chi connectivity index (χ0v) is 13.3. The summed E-state index contributed by atoms with van der Waals surface area (Å²) < 4.78 is 10.7. The molecule has 0 aliphatic carbocycles. The van der Waals surface area contributed by atoms with Gasteiger partial charge in [-0.25, -0.2) is 0 Å². The molecule has 126 valence electrons. The topological polar surface area (TPSA) is 94.6 Å². The van der Waals surface area contributed by atoms with E-state index in [1.807, 2.05) is 0 Å². The second-order valence-electron chi connectivity index (χ2n) is 5.12. The van der Waals surface area contributed by atoms with Crippen molar-refractivity contribution in [1.82, 2.24) is 0 Å². The summed E-state index contributed by atoms with van der Waals surface area (Å²) in [5.41, 5.74) is 1.16. The first-order valence-corrected chi connectivity index (χ1v) is 7.37. The fraction of sp³-hybridized carbons (Fsp3) is 0.0556. The molecule has 0 radical (unpaired) electrons. The summed E-state index contributed by atoms with van der Waals surface area (Å²) in [4.78, 5) is 22.5. The highest BCUT2D eigenvalue weighted by Crippen LogP contribution is 2.27. The van der Waals surface area contributed by atoms with Crippen LogP contribution in [0, 0.1) is 10.1 Å². The molecule has 1 N–H and O–H groups in total. The van der Waals surface area contributed by atoms with Crippen LogP contribution in [-0.4, -0.2) is 17.9 Å². The van der Waals surface area contributed by atoms with Crippen LogP contribution >= 0.6 is 0 Å². The number of nitrogens with zero attached hydrogens (tertiary/aromatic N) is 1. The van der Waals surface area contributed by atoms with Gasteiger partial charge in [0.1, 0.15) is 11.5 Å². The van der Waals surface area contributed by atoms with Gasteiger partial charge in [-0.05, 0) is 36.4 Å². The summed E-state index contributed by atoms with van der Waals surface area (Å²) in [6.45, 7) is 0. The number of para-hydroxylation sites is 2. The lowest BCUT2D eigenvalue weighted by Gasteiger charge is -2.08. The summed E-state index contributed by atoms with van der Waals surface area (Å²) in [6, 6.07) is 16.1. The number of anilines is 1. The first-order chi connectivity index (χ1) is 12.1. The highest BCUT2D eigenvalue weighted by Gasteiger charge is 2.15. The first kappa shape index (κ1) is 16.3. The van der Waals surface area contributed by atoms with Crippen LogP contribution in [0.1, 0.15) is 10.6 Å². The average molecular weight is 338 g/mol. The Morgan fingerprint density at radius 1 is 1.08 bits per heavy atom. The molecule has 1 aromatic heterocycles. The van der Waals surface area contributed by atoms with E-state index in [1.54, 1.807) is 48.5 Å². The van der Waals surface area contributed by atoms with E-state index in [4.69, 9.17) is 9.15 Å². The Hall–Kier alpha value is -3.61. The fourth-order valence-electron chi connectivity index (χ4n) is 2.29. The zero-order chi connectivity index (χ0) is 17.8. The summed E-state index contributed by atoms with van der Waals surface area (Å²) in [5.74, 6) is 0.690. The van der Waals surface area contributed by atoms with Gasteiger partial charge in [-0.15, -0.1) is 0 Å². The number of furan rings is 1. The van der Waals surface area contributed by atoms with E-state index >= 15 is 0 Å². The molecule has 0 spiro atoms. The molecule has 0 fully saturated rings. The maximum absolute atomic E-state index is 12.3. The van der Waals surface area contributed by atoms with Crippen LogP contribution in [0.3, 0.4) is 0 Å². The van der Waals surface area contributed by atoms with Crippen molar-refractivity contribution in [2.45, 2.75) is 0 Å². The molecule has 25 heavy (non-hydrogen) atoms. The number of rotatable bonds is 5. The summed E-state index contributed by atoms with van der Waals surface area (Å²) in [5, 5.41) is 13.4. The molecule has 2 aromatic carbocycles. The van der Waals surface area contributed by atoms with Crippen molar-refractivity contribution >= 4 is 17.3 Å². The number of hydrogen-bond acceptors (Lipinski definition) is 5. The van der Waals surface area contributed by atoms with Gasteiger partial charge in [-0.3, -0.25) is 14.9 Å². The number of methoxy groups -OCH3 is 1. The molecular formula is C18H14N2O5. The van der Waals surface area contributed by atoms with Gasteiger partial charge < -0.3 is 14.5 Å². The largest absolute Gasteiger partial charge is 0.495 e. The molecule has 7 heteroatoms. The summed E-state index contributed by atoms with van der Waals surface area (Å²) >= 11 is 0. The normalized spacial score (nSPS) is 10.3. The van der Waals surface area contributed by atoms with Crippen LogP contribution in [0.4, 0.5) is 11.4 Å². The molecule has 0 aliphatic heterocycles. The van der Waals surface area contributed by atoms with Gasteiger partial charge in [0.25, 0.3) is 11.6 Å². The van der Waals surface area contributed by atoms with E-state index in [0.29, 0.717) is 22.8 Å². The highest BCUT2D eigenvalue weighted by atomic mass is 16.6. The number of non-ortho nitro benzene ring substituents is 1. The van der Waals surface area contributed by atoms with Crippen molar-refractivity contribution < 1.29 is 18.9 Å². The Kier molecular flexibility index (Phi) is 4.47. The van der Waals surface area contributed by atoms with Gasteiger partial charge in [0.15, 0.2) is 5.76 Å². The van der Waals surface area contributed by atoms with E-state index in [0.717, 1.165) is 0 Å². The van der Waals surface area contributed by atoms with Gasteiger partial charge in [0.2, 0.25) is 0 Å². The minimum atomic E-state index is -0.474. The lowest BCUT2D eigenvalue weighted by atomic mass is 10.1. The molecule has 3 rings (SSSR count). The number of hydrogen-bond donors (Lipinski definition) is 1.